The van der Waals surface area contributed by atoms with Crippen molar-refractivity contribution < 1.29 is 9.90 Å². The van der Waals surface area contributed by atoms with Crippen molar-refractivity contribution in [3.05, 3.63) is 48.6 Å². The number of unbranched alkanes of at least 4 members (excludes halogenated alkanes) is 5. The van der Waals surface area contributed by atoms with Crippen LogP contribution in [-0.4, -0.2) is 11.1 Å². The molecule has 142 valence electrons. The Bertz CT molecular complexity index is 416. The van der Waals surface area contributed by atoms with E-state index in [1.807, 2.05) is 0 Å². The predicted octanol–water partition coefficient (Wildman–Crippen LogP) is 7.24. The van der Waals surface area contributed by atoms with Crippen LogP contribution in [0.3, 0.4) is 0 Å². The second-order valence-electron chi connectivity index (χ2n) is 6.61. The van der Waals surface area contributed by atoms with Crippen LogP contribution in [0.1, 0.15) is 84.5 Å². The second-order valence-corrected chi connectivity index (χ2v) is 6.61. The summed E-state index contributed by atoms with van der Waals surface area (Å²) >= 11 is 0. The Labute approximate surface area is 155 Å². The summed E-state index contributed by atoms with van der Waals surface area (Å²) in [6.07, 6.45) is 29.9. The van der Waals surface area contributed by atoms with E-state index in [0.717, 1.165) is 44.9 Å². The highest BCUT2D eigenvalue weighted by Gasteiger charge is 2.08. The van der Waals surface area contributed by atoms with Crippen molar-refractivity contribution >= 4 is 5.97 Å². The Hall–Kier alpha value is -1.57. The number of carboxylic acids is 1. The van der Waals surface area contributed by atoms with Gasteiger partial charge in [-0.2, -0.15) is 0 Å². The molecule has 0 bridgehead atoms. The number of carbonyl (C=O) groups is 1. The van der Waals surface area contributed by atoms with Gasteiger partial charge in [-0.05, 0) is 51.4 Å². The molecule has 25 heavy (non-hydrogen) atoms. The fraction of sp³-hybridized carbons (Fsp3) is 0.609. The molecule has 0 amide bonds. The van der Waals surface area contributed by atoms with Crippen molar-refractivity contribution in [1.82, 2.24) is 0 Å². The molecular weight excluding hydrogens is 308 g/mol. The van der Waals surface area contributed by atoms with Gasteiger partial charge in [-0.3, -0.25) is 4.79 Å². The molecule has 0 rings (SSSR count). The summed E-state index contributed by atoms with van der Waals surface area (Å²) in [5, 5.41) is 8.80. The van der Waals surface area contributed by atoms with Crippen molar-refractivity contribution in [3.63, 3.8) is 0 Å². The quantitative estimate of drug-likeness (QED) is 0.236. The first-order chi connectivity index (χ1) is 12.2. The van der Waals surface area contributed by atoms with Crippen LogP contribution in [0.5, 0.6) is 0 Å². The van der Waals surface area contributed by atoms with Gasteiger partial charge < -0.3 is 5.11 Å². The van der Waals surface area contributed by atoms with Crippen molar-refractivity contribution in [2.24, 2.45) is 5.92 Å². The van der Waals surface area contributed by atoms with Gasteiger partial charge in [0.25, 0.3) is 0 Å². The van der Waals surface area contributed by atoms with E-state index in [0.29, 0.717) is 0 Å². The summed E-state index contributed by atoms with van der Waals surface area (Å²) in [5.41, 5.74) is 0. The van der Waals surface area contributed by atoms with E-state index < -0.39 is 5.97 Å². The van der Waals surface area contributed by atoms with Gasteiger partial charge in [0, 0.05) is 0 Å². The topological polar surface area (TPSA) is 37.3 Å². The Kier molecular flexibility index (Phi) is 17.6. The molecule has 1 unspecified atom stereocenters. The Morgan fingerprint density at radius 1 is 0.760 bits per heavy atom. The molecule has 0 aromatic carbocycles. The fourth-order valence-electron chi connectivity index (χ4n) is 2.40. The van der Waals surface area contributed by atoms with Gasteiger partial charge >= 0.3 is 5.97 Å². The van der Waals surface area contributed by atoms with E-state index in [1.54, 1.807) is 6.92 Å². The molecule has 0 aliphatic rings. The highest BCUT2D eigenvalue weighted by atomic mass is 16.4. The number of aliphatic carboxylic acids is 1. The average molecular weight is 347 g/mol. The van der Waals surface area contributed by atoms with E-state index >= 15 is 0 Å². The molecule has 0 aromatic heterocycles. The molecule has 2 heteroatoms. The lowest BCUT2D eigenvalue weighted by Gasteiger charge is -2.03. The molecule has 0 aliphatic heterocycles. The molecule has 2 nitrogen and oxygen atoms in total. The molecule has 0 radical (unpaired) electrons. The van der Waals surface area contributed by atoms with Crippen molar-refractivity contribution in [2.75, 3.05) is 0 Å². The maximum atomic E-state index is 10.7. The van der Waals surface area contributed by atoms with Gasteiger partial charge in [0.1, 0.15) is 0 Å². The molecule has 0 heterocycles. The normalized spacial score (nSPS) is 13.7. The molecule has 0 saturated heterocycles. The smallest absolute Gasteiger partial charge is 0.306 e. The van der Waals surface area contributed by atoms with Crippen LogP contribution in [-0.2, 0) is 4.79 Å². The Balaban J connectivity index is 3.44. The Morgan fingerprint density at radius 2 is 1.20 bits per heavy atom. The highest BCUT2D eigenvalue weighted by Crippen LogP contribution is 2.09. The molecule has 0 spiro atoms. The lowest BCUT2D eigenvalue weighted by molar-refractivity contribution is -0.141. The van der Waals surface area contributed by atoms with Crippen molar-refractivity contribution in [2.45, 2.75) is 84.5 Å². The third kappa shape index (κ3) is 18.6. The minimum absolute atomic E-state index is 0.212. The van der Waals surface area contributed by atoms with Crippen LogP contribution >= 0.6 is 0 Å². The van der Waals surface area contributed by atoms with Crippen LogP contribution in [0.4, 0.5) is 0 Å². The largest absolute Gasteiger partial charge is 0.481 e. The van der Waals surface area contributed by atoms with Crippen LogP contribution < -0.4 is 0 Å². The van der Waals surface area contributed by atoms with Gasteiger partial charge in [0.15, 0.2) is 0 Å². The van der Waals surface area contributed by atoms with Crippen molar-refractivity contribution in [1.29, 1.82) is 0 Å². The van der Waals surface area contributed by atoms with Crippen LogP contribution in [0.25, 0.3) is 0 Å². The minimum Gasteiger partial charge on any atom is -0.481 e. The Morgan fingerprint density at radius 3 is 1.64 bits per heavy atom. The summed E-state index contributed by atoms with van der Waals surface area (Å²) in [6, 6.07) is 0. The molecular formula is C23H38O2. The molecule has 0 aromatic rings. The van der Waals surface area contributed by atoms with Crippen LogP contribution in [0.15, 0.2) is 48.6 Å². The summed E-state index contributed by atoms with van der Waals surface area (Å²) in [7, 11) is 0. The van der Waals surface area contributed by atoms with E-state index in [-0.39, 0.29) is 5.92 Å². The summed E-state index contributed by atoms with van der Waals surface area (Å²) in [6.45, 7) is 4.02. The third-order valence-electron chi connectivity index (χ3n) is 4.14. The molecule has 0 aliphatic carbocycles. The number of hydrogen-bond acceptors (Lipinski definition) is 1. The summed E-state index contributed by atoms with van der Waals surface area (Å²) < 4.78 is 0. The van der Waals surface area contributed by atoms with Gasteiger partial charge in [-0.1, -0.05) is 81.7 Å². The number of allylic oxidation sites excluding steroid dienone is 8. The minimum atomic E-state index is -0.683. The van der Waals surface area contributed by atoms with Gasteiger partial charge in [-0.15, -0.1) is 0 Å². The van der Waals surface area contributed by atoms with E-state index in [1.165, 1.54) is 25.7 Å². The zero-order valence-electron chi connectivity index (χ0n) is 16.3. The third-order valence-corrected chi connectivity index (χ3v) is 4.14. The second kappa shape index (κ2) is 18.8. The average Bonchev–Trinajstić information content (AvgIpc) is 2.60. The summed E-state index contributed by atoms with van der Waals surface area (Å²) in [4.78, 5) is 10.7. The number of carboxylic acid groups (broad SMARTS) is 1. The monoisotopic (exact) mass is 346 g/mol. The zero-order chi connectivity index (χ0) is 18.6. The van der Waals surface area contributed by atoms with Gasteiger partial charge in [0.05, 0.1) is 5.92 Å². The van der Waals surface area contributed by atoms with E-state index in [9.17, 15) is 4.79 Å². The number of rotatable bonds is 16. The van der Waals surface area contributed by atoms with Crippen LogP contribution in [0.2, 0.25) is 0 Å². The van der Waals surface area contributed by atoms with E-state index in [4.69, 9.17) is 5.11 Å². The molecule has 1 N–H and O–H groups in total. The predicted molar refractivity (Wildman–Crippen MR) is 110 cm³/mol. The maximum Gasteiger partial charge on any atom is 0.306 e. The SMILES string of the molecule is CCCCCC=CCC=CCC=CCC=CCCCCC(C)C(=O)O. The first-order valence-corrected chi connectivity index (χ1v) is 10.0. The lowest BCUT2D eigenvalue weighted by atomic mass is 10.0. The van der Waals surface area contributed by atoms with Crippen molar-refractivity contribution in [3.8, 4) is 0 Å². The van der Waals surface area contributed by atoms with E-state index in [2.05, 4.69) is 55.5 Å². The molecule has 0 fully saturated rings. The first kappa shape index (κ1) is 23.4. The molecule has 0 saturated carbocycles. The fourth-order valence-corrected chi connectivity index (χ4v) is 2.40. The highest BCUT2D eigenvalue weighted by molar-refractivity contribution is 5.69. The standard InChI is InChI=1S/C23H38O2/c1-3-4-5-6-7-8-9-10-11-12-13-14-15-16-17-18-19-20-21-22(2)23(24)25/h7-8,10-11,13-14,16-17,22H,3-6,9,12,15,18-21H2,1-2H3,(H,24,25). The molecule has 1 atom stereocenters. The van der Waals surface area contributed by atoms with Gasteiger partial charge in [-0.25, -0.2) is 0 Å². The maximum absolute atomic E-state index is 10.7. The first-order valence-electron chi connectivity index (χ1n) is 10.0. The van der Waals surface area contributed by atoms with Gasteiger partial charge in [0.2, 0.25) is 0 Å². The lowest BCUT2D eigenvalue weighted by Crippen LogP contribution is -2.08. The summed E-state index contributed by atoms with van der Waals surface area (Å²) in [5.74, 6) is -0.894. The zero-order valence-corrected chi connectivity index (χ0v) is 16.3. The number of hydrogen-bond donors (Lipinski definition) is 1. The van der Waals surface area contributed by atoms with Crippen LogP contribution in [0, 0.1) is 5.92 Å².